The molecule has 1 saturated carbocycles. The minimum absolute atomic E-state index is 0.272. The van der Waals surface area contributed by atoms with E-state index in [1.165, 1.54) is 26.2 Å². The molecule has 0 aliphatic heterocycles. The first-order valence-electron chi connectivity index (χ1n) is 5.09. The van der Waals surface area contributed by atoms with Gasteiger partial charge in [-0.3, -0.25) is 4.79 Å². The number of carboxylic acids is 1. The zero-order valence-electron chi connectivity index (χ0n) is 8.45. The molecule has 2 N–H and O–H groups in total. The Hall–Kier alpha value is -1.06. The van der Waals surface area contributed by atoms with E-state index in [9.17, 15) is 9.59 Å². The Kier molecular flexibility index (Phi) is 3.92. The van der Waals surface area contributed by atoms with Crippen molar-refractivity contribution in [1.29, 1.82) is 0 Å². The third-order valence-corrected chi connectivity index (χ3v) is 2.76. The van der Waals surface area contributed by atoms with Crippen LogP contribution in [0.3, 0.4) is 0 Å². The van der Waals surface area contributed by atoms with Crippen molar-refractivity contribution in [3.05, 3.63) is 0 Å². The van der Waals surface area contributed by atoms with Gasteiger partial charge in [-0.15, -0.1) is 0 Å². The van der Waals surface area contributed by atoms with Gasteiger partial charge in [-0.2, -0.15) is 0 Å². The summed E-state index contributed by atoms with van der Waals surface area (Å²) < 4.78 is 0. The van der Waals surface area contributed by atoms with E-state index in [4.69, 9.17) is 5.11 Å². The molecular formula is C10H17NO3. The Balaban J connectivity index is 2.26. The highest BCUT2D eigenvalue weighted by molar-refractivity contribution is 5.81. The number of hydrogen-bond acceptors (Lipinski definition) is 2. The Bertz CT molecular complexity index is 223. The monoisotopic (exact) mass is 199 g/mol. The summed E-state index contributed by atoms with van der Waals surface area (Å²) >= 11 is 0. The molecule has 0 aromatic heterocycles. The van der Waals surface area contributed by atoms with Gasteiger partial charge in [0.1, 0.15) is 6.04 Å². The van der Waals surface area contributed by atoms with E-state index in [-0.39, 0.29) is 5.91 Å². The minimum atomic E-state index is -0.931. The summed E-state index contributed by atoms with van der Waals surface area (Å²) in [7, 11) is 0. The number of carbonyl (C=O) groups is 2. The topological polar surface area (TPSA) is 66.4 Å². The predicted octanol–water partition coefficient (Wildman–Crippen LogP) is 1.16. The fraction of sp³-hybridized carbons (Fsp3) is 0.800. The molecule has 1 fully saturated rings. The van der Waals surface area contributed by atoms with Crippen molar-refractivity contribution >= 4 is 11.9 Å². The fourth-order valence-electron chi connectivity index (χ4n) is 1.69. The van der Waals surface area contributed by atoms with Gasteiger partial charge < -0.3 is 10.4 Å². The molecule has 1 atom stereocenters. The number of carbonyl (C=O) groups excluding carboxylic acids is 1. The predicted molar refractivity (Wildman–Crippen MR) is 51.8 cm³/mol. The number of carboxylic acid groups (broad SMARTS) is 1. The number of rotatable bonds is 5. The van der Waals surface area contributed by atoms with Crippen molar-refractivity contribution in [3.63, 3.8) is 0 Å². The summed E-state index contributed by atoms with van der Waals surface area (Å²) in [6.07, 6.45) is 5.16. The van der Waals surface area contributed by atoms with Crippen molar-refractivity contribution in [3.8, 4) is 0 Å². The molecule has 0 heterocycles. The second-order valence-corrected chi connectivity index (χ2v) is 3.97. The summed E-state index contributed by atoms with van der Waals surface area (Å²) in [5.74, 6) is -0.517. The molecule has 0 spiro atoms. The molecule has 0 bridgehead atoms. The highest BCUT2D eigenvalue weighted by atomic mass is 16.4. The van der Waals surface area contributed by atoms with Gasteiger partial charge in [0, 0.05) is 6.92 Å². The molecule has 0 aromatic carbocycles. The van der Waals surface area contributed by atoms with Crippen LogP contribution in [0.1, 0.15) is 39.0 Å². The third-order valence-electron chi connectivity index (χ3n) is 2.76. The molecule has 1 rings (SSSR count). The molecule has 14 heavy (non-hydrogen) atoms. The quantitative estimate of drug-likeness (QED) is 0.698. The van der Waals surface area contributed by atoms with E-state index in [1.807, 2.05) is 0 Å². The van der Waals surface area contributed by atoms with E-state index < -0.39 is 12.0 Å². The second kappa shape index (κ2) is 4.98. The van der Waals surface area contributed by atoms with Crippen LogP contribution < -0.4 is 5.32 Å². The number of nitrogens with one attached hydrogen (secondary N) is 1. The average Bonchev–Trinajstić information content (AvgIpc) is 1.98. The van der Waals surface area contributed by atoms with E-state index in [2.05, 4.69) is 5.32 Å². The lowest BCUT2D eigenvalue weighted by atomic mass is 9.81. The van der Waals surface area contributed by atoms with Crippen molar-refractivity contribution < 1.29 is 14.7 Å². The van der Waals surface area contributed by atoms with Crippen LogP contribution in [0.25, 0.3) is 0 Å². The first kappa shape index (κ1) is 11.0. The Morgan fingerprint density at radius 1 is 1.50 bits per heavy atom. The Labute approximate surface area is 83.7 Å². The lowest BCUT2D eigenvalue weighted by molar-refractivity contribution is -0.141. The molecule has 1 aliphatic carbocycles. The van der Waals surface area contributed by atoms with Crippen LogP contribution in [0, 0.1) is 5.92 Å². The van der Waals surface area contributed by atoms with Gasteiger partial charge in [0.2, 0.25) is 5.91 Å². The molecule has 1 aliphatic rings. The van der Waals surface area contributed by atoms with Gasteiger partial charge in [-0.1, -0.05) is 19.3 Å². The smallest absolute Gasteiger partial charge is 0.326 e. The molecular weight excluding hydrogens is 182 g/mol. The van der Waals surface area contributed by atoms with Crippen molar-refractivity contribution in [1.82, 2.24) is 5.32 Å². The maximum absolute atomic E-state index is 10.7. The molecule has 0 radical (unpaired) electrons. The van der Waals surface area contributed by atoms with Crippen molar-refractivity contribution in [2.24, 2.45) is 5.92 Å². The molecule has 1 unspecified atom stereocenters. The zero-order chi connectivity index (χ0) is 10.6. The van der Waals surface area contributed by atoms with Gasteiger partial charge in [0.15, 0.2) is 0 Å². The summed E-state index contributed by atoms with van der Waals surface area (Å²) in [5, 5.41) is 11.3. The van der Waals surface area contributed by atoms with Crippen LogP contribution >= 0.6 is 0 Å². The Morgan fingerprint density at radius 2 is 2.14 bits per heavy atom. The van der Waals surface area contributed by atoms with Crippen LogP contribution in [0.15, 0.2) is 0 Å². The van der Waals surface area contributed by atoms with Gasteiger partial charge >= 0.3 is 5.97 Å². The maximum Gasteiger partial charge on any atom is 0.326 e. The molecule has 0 aromatic rings. The lowest BCUT2D eigenvalue weighted by Crippen LogP contribution is -2.40. The van der Waals surface area contributed by atoms with Crippen LogP contribution in [-0.4, -0.2) is 23.0 Å². The minimum Gasteiger partial charge on any atom is -0.480 e. The molecule has 1 amide bonds. The summed E-state index contributed by atoms with van der Waals surface area (Å²) in [6.45, 7) is 1.35. The SMILES string of the molecule is CC(=O)NC(CCC1CCC1)C(=O)O. The van der Waals surface area contributed by atoms with E-state index in [0.29, 0.717) is 12.3 Å². The molecule has 80 valence electrons. The molecule has 4 nitrogen and oxygen atoms in total. The van der Waals surface area contributed by atoms with Gasteiger partial charge in [-0.05, 0) is 18.8 Å². The van der Waals surface area contributed by atoms with Crippen LogP contribution in [0.5, 0.6) is 0 Å². The van der Waals surface area contributed by atoms with Gasteiger partial charge in [0.05, 0.1) is 0 Å². The molecule has 4 heteroatoms. The summed E-state index contributed by atoms with van der Waals surface area (Å²) in [4.78, 5) is 21.5. The zero-order valence-corrected chi connectivity index (χ0v) is 8.45. The summed E-state index contributed by atoms with van der Waals surface area (Å²) in [6, 6.07) is -0.701. The van der Waals surface area contributed by atoms with Crippen molar-refractivity contribution in [2.45, 2.75) is 45.1 Å². The first-order valence-corrected chi connectivity index (χ1v) is 5.09. The normalized spacial score (nSPS) is 18.4. The highest BCUT2D eigenvalue weighted by Crippen LogP contribution is 2.30. The fourth-order valence-corrected chi connectivity index (χ4v) is 1.69. The largest absolute Gasteiger partial charge is 0.480 e. The van der Waals surface area contributed by atoms with Crippen LogP contribution in [0.2, 0.25) is 0 Å². The number of amides is 1. The second-order valence-electron chi connectivity index (χ2n) is 3.97. The Morgan fingerprint density at radius 3 is 2.50 bits per heavy atom. The van der Waals surface area contributed by atoms with E-state index >= 15 is 0 Å². The summed E-state index contributed by atoms with van der Waals surface area (Å²) in [5.41, 5.74) is 0. The third kappa shape index (κ3) is 3.36. The maximum atomic E-state index is 10.7. The van der Waals surface area contributed by atoms with Crippen LogP contribution in [0.4, 0.5) is 0 Å². The van der Waals surface area contributed by atoms with Crippen molar-refractivity contribution in [2.75, 3.05) is 0 Å². The van der Waals surface area contributed by atoms with Gasteiger partial charge in [-0.25, -0.2) is 4.79 Å². The molecule has 0 saturated heterocycles. The lowest BCUT2D eigenvalue weighted by Gasteiger charge is -2.26. The number of aliphatic carboxylic acids is 1. The highest BCUT2D eigenvalue weighted by Gasteiger charge is 2.23. The average molecular weight is 199 g/mol. The van der Waals surface area contributed by atoms with E-state index in [0.717, 1.165) is 6.42 Å². The number of hydrogen-bond donors (Lipinski definition) is 2. The van der Waals surface area contributed by atoms with Crippen LogP contribution in [-0.2, 0) is 9.59 Å². The van der Waals surface area contributed by atoms with Gasteiger partial charge in [0.25, 0.3) is 0 Å². The first-order chi connectivity index (χ1) is 6.59. The standard InChI is InChI=1S/C10H17NO3/c1-7(12)11-9(10(13)14)6-5-8-3-2-4-8/h8-9H,2-6H2,1H3,(H,11,12)(H,13,14). The van der Waals surface area contributed by atoms with E-state index in [1.54, 1.807) is 0 Å².